The summed E-state index contributed by atoms with van der Waals surface area (Å²) in [5, 5.41) is 5.52. The number of carbonyl (C=O) groups is 3. The van der Waals surface area contributed by atoms with Crippen LogP contribution in [0, 0.1) is 5.92 Å². The molecule has 2 aliphatic carbocycles. The molecule has 3 aliphatic rings. The van der Waals surface area contributed by atoms with Gasteiger partial charge in [-0.05, 0) is 31.6 Å². The van der Waals surface area contributed by atoms with E-state index in [9.17, 15) is 18.6 Å². The number of aromatic amines is 1. The number of nitrogens with zero attached hydrogens (tertiary/aromatic N) is 3. The van der Waals surface area contributed by atoms with E-state index >= 15 is 0 Å². The van der Waals surface area contributed by atoms with Gasteiger partial charge in [-0.1, -0.05) is 0 Å². The maximum Gasteiger partial charge on any atom is 0.255 e. The summed E-state index contributed by atoms with van der Waals surface area (Å²) in [5.74, 6) is 0.474. The van der Waals surface area contributed by atoms with Gasteiger partial charge in [0.05, 0.1) is 24.0 Å². The summed E-state index contributed by atoms with van der Waals surface area (Å²) in [6.45, 7) is 0.747. The molecule has 2 aromatic rings. The highest BCUT2D eigenvalue weighted by molar-refractivity contribution is 7.85. The summed E-state index contributed by atoms with van der Waals surface area (Å²) in [7, 11) is -0.869. The fourth-order valence-electron chi connectivity index (χ4n) is 3.97. The smallest absolute Gasteiger partial charge is 0.255 e. The minimum atomic E-state index is -0.869. The number of rotatable bonds is 7. The van der Waals surface area contributed by atoms with Crippen molar-refractivity contribution >= 4 is 39.7 Å². The molecule has 3 fully saturated rings. The molecule has 3 N–H and O–H groups in total. The Bertz CT molecular complexity index is 1080. The number of fused-ring (bicyclic) bond motifs is 1. The van der Waals surface area contributed by atoms with Crippen LogP contribution >= 0.6 is 0 Å². The van der Waals surface area contributed by atoms with Crippen LogP contribution in [0.15, 0.2) is 12.4 Å². The van der Waals surface area contributed by atoms with E-state index in [4.69, 9.17) is 0 Å². The highest BCUT2D eigenvalue weighted by Gasteiger charge is 2.38. The summed E-state index contributed by atoms with van der Waals surface area (Å²) in [5.41, 5.74) is 2.31. The maximum atomic E-state index is 13.0. The van der Waals surface area contributed by atoms with Crippen molar-refractivity contribution in [2.45, 2.75) is 37.6 Å². The predicted octanol–water partition coefficient (Wildman–Crippen LogP) is 0.0508. The van der Waals surface area contributed by atoms with Crippen molar-refractivity contribution in [3.63, 3.8) is 0 Å². The highest BCUT2D eigenvalue weighted by atomic mass is 32.2. The average Bonchev–Trinajstić information content (AvgIpc) is 3.72. The number of hydrogen-bond donors (Lipinski definition) is 3. The zero-order chi connectivity index (χ0) is 22.2. The van der Waals surface area contributed by atoms with Crippen LogP contribution in [0.2, 0.25) is 0 Å². The molecule has 0 spiro atoms. The third kappa shape index (κ3) is 4.52. The number of H-pyrrole nitrogens is 1. The molecule has 0 radical (unpaired) electrons. The minimum absolute atomic E-state index is 0.0600. The molecule has 10 nitrogen and oxygen atoms in total. The van der Waals surface area contributed by atoms with Gasteiger partial charge in [0, 0.05) is 47.5 Å². The monoisotopic (exact) mass is 458 g/mol. The number of hydrogen-bond acceptors (Lipinski definition) is 6. The number of amides is 3. The normalized spacial score (nSPS) is 20.2. The molecule has 3 amide bonds. The van der Waals surface area contributed by atoms with Crippen LogP contribution in [0.1, 0.15) is 47.7 Å². The Balaban J connectivity index is 1.22. The lowest BCUT2D eigenvalue weighted by atomic mass is 10.1. The Morgan fingerprint density at radius 3 is 2.62 bits per heavy atom. The van der Waals surface area contributed by atoms with Gasteiger partial charge >= 0.3 is 0 Å². The molecule has 2 saturated carbocycles. The Hall–Kier alpha value is -2.82. The first kappa shape index (κ1) is 21.0. The molecule has 5 rings (SSSR count). The van der Waals surface area contributed by atoms with Crippen molar-refractivity contribution in [2.24, 2.45) is 5.92 Å². The molecule has 32 heavy (non-hydrogen) atoms. The standard InChI is InChI=1S/C21H26N6O4S/c28-16(27-5-7-32(31)8-6-27)11-24-21(30)17(13-3-4-13)26-20(29)14-9-22-19-18(14)25-15(10-23-19)12-1-2-12/h9-10,12-13,17H,1-8,11H2,(H,22,23)(H,24,30)(H,26,29)/t17-/m1/s1. The van der Waals surface area contributed by atoms with Gasteiger partial charge < -0.3 is 20.5 Å². The minimum Gasteiger partial charge on any atom is -0.345 e. The number of aromatic nitrogens is 3. The molecule has 170 valence electrons. The average molecular weight is 459 g/mol. The van der Waals surface area contributed by atoms with E-state index in [2.05, 4.69) is 25.6 Å². The molecule has 2 aromatic heterocycles. The van der Waals surface area contributed by atoms with E-state index in [0.29, 0.717) is 47.2 Å². The summed E-state index contributed by atoms with van der Waals surface area (Å²) >= 11 is 0. The first-order chi connectivity index (χ1) is 15.5. The Morgan fingerprint density at radius 1 is 1.19 bits per heavy atom. The fourth-order valence-corrected chi connectivity index (χ4v) is 5.02. The van der Waals surface area contributed by atoms with Crippen LogP contribution in [0.5, 0.6) is 0 Å². The molecule has 1 saturated heterocycles. The first-order valence-electron chi connectivity index (χ1n) is 11.0. The molecule has 11 heteroatoms. The molecule has 0 aromatic carbocycles. The SMILES string of the molecule is O=C(N[C@@H](C(=O)NCC(=O)N1CCS(=O)CC1)C1CC1)c1c[nH]c2ncc(C3CC3)nc12. The molecule has 0 bridgehead atoms. The van der Waals surface area contributed by atoms with Crippen molar-refractivity contribution in [2.75, 3.05) is 31.1 Å². The topological polar surface area (TPSA) is 137 Å². The van der Waals surface area contributed by atoms with Crippen LogP contribution in [0.4, 0.5) is 0 Å². The number of nitrogens with one attached hydrogen (secondary N) is 3. The zero-order valence-electron chi connectivity index (χ0n) is 17.6. The lowest BCUT2D eigenvalue weighted by Gasteiger charge is -2.26. The van der Waals surface area contributed by atoms with Gasteiger partial charge in [0.2, 0.25) is 11.8 Å². The second kappa shape index (κ2) is 8.61. The lowest BCUT2D eigenvalue weighted by Crippen LogP contribution is -2.51. The maximum absolute atomic E-state index is 13.0. The predicted molar refractivity (Wildman–Crippen MR) is 117 cm³/mol. The second-order valence-corrected chi connectivity index (χ2v) is 10.4. The summed E-state index contributed by atoms with van der Waals surface area (Å²) in [4.78, 5) is 51.8. The van der Waals surface area contributed by atoms with E-state index in [1.54, 1.807) is 17.3 Å². The van der Waals surface area contributed by atoms with E-state index < -0.39 is 16.8 Å². The van der Waals surface area contributed by atoms with Crippen molar-refractivity contribution in [3.8, 4) is 0 Å². The van der Waals surface area contributed by atoms with Crippen molar-refractivity contribution < 1.29 is 18.6 Å². The van der Waals surface area contributed by atoms with Gasteiger partial charge in [0.15, 0.2) is 5.65 Å². The quantitative estimate of drug-likeness (QED) is 0.536. The Morgan fingerprint density at radius 2 is 1.94 bits per heavy atom. The van der Waals surface area contributed by atoms with E-state index in [0.717, 1.165) is 31.4 Å². The van der Waals surface area contributed by atoms with Crippen LogP contribution in [-0.4, -0.2) is 79.0 Å². The summed E-state index contributed by atoms with van der Waals surface area (Å²) < 4.78 is 11.5. The van der Waals surface area contributed by atoms with Crippen LogP contribution in [0.3, 0.4) is 0 Å². The zero-order valence-corrected chi connectivity index (χ0v) is 18.5. The summed E-state index contributed by atoms with van der Waals surface area (Å²) in [6.07, 6.45) is 7.19. The van der Waals surface area contributed by atoms with Gasteiger partial charge in [-0.25, -0.2) is 9.97 Å². The van der Waals surface area contributed by atoms with Crippen molar-refractivity contribution in [1.82, 2.24) is 30.5 Å². The van der Waals surface area contributed by atoms with Crippen LogP contribution < -0.4 is 10.6 Å². The van der Waals surface area contributed by atoms with Crippen LogP contribution in [0.25, 0.3) is 11.2 Å². The number of carbonyl (C=O) groups excluding carboxylic acids is 3. The first-order valence-corrected chi connectivity index (χ1v) is 12.5. The molecular formula is C21H26N6O4S. The second-order valence-electron chi connectivity index (χ2n) is 8.70. The molecule has 1 atom stereocenters. The highest BCUT2D eigenvalue weighted by Crippen LogP contribution is 2.39. The Kier molecular flexibility index (Phi) is 5.66. The van der Waals surface area contributed by atoms with Crippen molar-refractivity contribution in [3.05, 3.63) is 23.7 Å². The molecular weight excluding hydrogens is 432 g/mol. The third-order valence-corrected chi connectivity index (χ3v) is 7.52. The third-order valence-electron chi connectivity index (χ3n) is 6.25. The van der Waals surface area contributed by atoms with Gasteiger partial charge in [0.25, 0.3) is 5.91 Å². The molecule has 3 heterocycles. The molecule has 0 unspecified atom stereocenters. The van der Waals surface area contributed by atoms with Gasteiger partial charge in [0.1, 0.15) is 11.6 Å². The van der Waals surface area contributed by atoms with Crippen molar-refractivity contribution in [1.29, 1.82) is 0 Å². The lowest BCUT2D eigenvalue weighted by molar-refractivity contribution is -0.133. The fraction of sp³-hybridized carbons (Fsp3) is 0.571. The van der Waals surface area contributed by atoms with Gasteiger partial charge in [-0.2, -0.15) is 0 Å². The Labute approximate surface area is 187 Å². The van der Waals surface area contributed by atoms with Gasteiger partial charge in [-0.3, -0.25) is 18.6 Å². The van der Waals surface area contributed by atoms with Gasteiger partial charge in [-0.15, -0.1) is 0 Å². The van der Waals surface area contributed by atoms with Crippen LogP contribution in [-0.2, 0) is 20.4 Å². The largest absolute Gasteiger partial charge is 0.345 e. The molecule has 1 aliphatic heterocycles. The van der Waals surface area contributed by atoms with E-state index in [-0.39, 0.29) is 30.2 Å². The van der Waals surface area contributed by atoms with E-state index in [1.807, 2.05) is 0 Å². The summed E-state index contributed by atoms with van der Waals surface area (Å²) in [6, 6.07) is -0.700. The van der Waals surface area contributed by atoms with E-state index in [1.165, 1.54) is 0 Å².